The number of esters is 2. The molecular weight excluding hydrogens is 366 g/mol. The number of nitrogens with one attached hydrogen (secondary N) is 2. The van der Waals surface area contributed by atoms with Crippen LogP contribution in [0.1, 0.15) is 48.0 Å². The fraction of sp³-hybridized carbons (Fsp3) is 0.526. The summed E-state index contributed by atoms with van der Waals surface area (Å²) in [4.78, 5) is 26.9. The van der Waals surface area contributed by atoms with Crippen LogP contribution < -0.4 is 10.2 Å². The number of hydrogen-bond acceptors (Lipinski definition) is 7. The topological polar surface area (TPSA) is 92.9 Å². The highest BCUT2D eigenvalue weighted by molar-refractivity contribution is 7.16. The zero-order valence-corrected chi connectivity index (χ0v) is 16.8. The van der Waals surface area contributed by atoms with Gasteiger partial charge in [-0.15, -0.1) is 11.3 Å². The second kappa shape index (κ2) is 10.1. The number of anilines is 1. The van der Waals surface area contributed by atoms with E-state index in [0.29, 0.717) is 10.6 Å². The van der Waals surface area contributed by atoms with E-state index in [0.717, 1.165) is 42.9 Å². The molecule has 0 saturated heterocycles. The number of ether oxygens (including phenoxy) is 2. The molecular formula is C19H26N3O4S+. The normalized spacial score (nSPS) is 16.2. The Hall–Kier alpha value is -2.37. The molecule has 1 aliphatic heterocycles. The molecule has 1 aliphatic rings. The molecule has 0 radical (unpaired) electrons. The second-order valence-corrected chi connectivity index (χ2v) is 7.24. The van der Waals surface area contributed by atoms with Crippen molar-refractivity contribution in [3.63, 3.8) is 0 Å². The van der Waals surface area contributed by atoms with E-state index in [-0.39, 0.29) is 24.8 Å². The predicted molar refractivity (Wildman–Crippen MR) is 103 cm³/mol. The van der Waals surface area contributed by atoms with Crippen molar-refractivity contribution in [3.05, 3.63) is 27.8 Å². The molecule has 0 aliphatic carbocycles. The van der Waals surface area contributed by atoms with Gasteiger partial charge in [-0.05, 0) is 25.8 Å². The number of rotatable bonds is 8. The largest absolute Gasteiger partial charge is 0.462 e. The maximum atomic E-state index is 12.5. The lowest BCUT2D eigenvalue weighted by Gasteiger charge is -2.23. The highest BCUT2D eigenvalue weighted by atomic mass is 32.1. The van der Waals surface area contributed by atoms with E-state index >= 15 is 0 Å². The van der Waals surface area contributed by atoms with Crippen LogP contribution in [0.5, 0.6) is 0 Å². The third-order valence-corrected chi connectivity index (χ3v) is 5.44. The fourth-order valence-corrected chi connectivity index (χ4v) is 4.38. The third-order valence-electron chi connectivity index (χ3n) is 4.28. The summed E-state index contributed by atoms with van der Waals surface area (Å²) < 4.78 is 10.1. The molecule has 0 aromatic carbocycles. The van der Waals surface area contributed by atoms with Crippen molar-refractivity contribution in [1.82, 2.24) is 0 Å². The lowest BCUT2D eigenvalue weighted by Crippen LogP contribution is -3.11. The minimum absolute atomic E-state index is 0.142. The van der Waals surface area contributed by atoms with Crippen molar-refractivity contribution in [2.75, 3.05) is 31.6 Å². The standard InChI is InChI=1S/C19H25N3O4S/c1-4-8-22-9-7-14-15(12-22)27-17(16(14)19(24)26-6-3)21-11-13(10-20)18(23)25-5-2/h11,21H,4-9,12H2,1-3H3/p+1/b13-11+. The van der Waals surface area contributed by atoms with Crippen molar-refractivity contribution < 1.29 is 24.0 Å². The molecule has 2 rings (SSSR count). The van der Waals surface area contributed by atoms with Gasteiger partial charge in [0.15, 0.2) is 5.57 Å². The number of quaternary nitrogens is 1. The van der Waals surface area contributed by atoms with Gasteiger partial charge in [0, 0.05) is 12.6 Å². The van der Waals surface area contributed by atoms with E-state index in [2.05, 4.69) is 12.2 Å². The Balaban J connectivity index is 2.33. The third kappa shape index (κ3) is 5.08. The number of fused-ring (bicyclic) bond motifs is 1. The van der Waals surface area contributed by atoms with Gasteiger partial charge in [0.05, 0.1) is 36.7 Å². The monoisotopic (exact) mass is 392 g/mol. The van der Waals surface area contributed by atoms with Crippen LogP contribution in [0, 0.1) is 11.3 Å². The molecule has 7 nitrogen and oxygen atoms in total. The van der Waals surface area contributed by atoms with Gasteiger partial charge >= 0.3 is 11.9 Å². The van der Waals surface area contributed by atoms with Crippen molar-refractivity contribution in [1.29, 1.82) is 5.26 Å². The zero-order valence-electron chi connectivity index (χ0n) is 16.0. The lowest BCUT2D eigenvalue weighted by molar-refractivity contribution is -0.915. The highest BCUT2D eigenvalue weighted by Crippen LogP contribution is 2.35. The molecule has 2 heterocycles. The molecule has 0 fully saturated rings. The minimum Gasteiger partial charge on any atom is -0.462 e. The van der Waals surface area contributed by atoms with Crippen LogP contribution in [0.4, 0.5) is 5.00 Å². The Bertz CT molecular complexity index is 764. The maximum Gasteiger partial charge on any atom is 0.350 e. The number of thiophene rings is 1. The Kier molecular flexibility index (Phi) is 7.82. The van der Waals surface area contributed by atoms with E-state index in [1.807, 2.05) is 6.07 Å². The number of carbonyl (C=O) groups excluding carboxylic acids is 2. The molecule has 146 valence electrons. The number of hydrogen-bond donors (Lipinski definition) is 2. The van der Waals surface area contributed by atoms with Crippen molar-refractivity contribution in [3.8, 4) is 6.07 Å². The van der Waals surface area contributed by atoms with Crippen LogP contribution in [0.3, 0.4) is 0 Å². The summed E-state index contributed by atoms with van der Waals surface area (Å²) in [7, 11) is 0. The first-order chi connectivity index (χ1) is 13.0. The highest BCUT2D eigenvalue weighted by Gasteiger charge is 2.30. The number of nitrogens with zero attached hydrogens (tertiary/aromatic N) is 1. The van der Waals surface area contributed by atoms with Gasteiger partial charge in [-0.25, -0.2) is 9.59 Å². The molecule has 0 saturated carbocycles. The molecule has 1 atom stereocenters. The minimum atomic E-state index is -0.690. The summed E-state index contributed by atoms with van der Waals surface area (Å²) in [6, 6.07) is 1.82. The average Bonchev–Trinajstić information content (AvgIpc) is 3.00. The Labute approximate surface area is 163 Å². The van der Waals surface area contributed by atoms with E-state index < -0.39 is 5.97 Å². The van der Waals surface area contributed by atoms with Crippen LogP contribution in [-0.2, 0) is 27.2 Å². The number of carbonyl (C=O) groups is 2. The van der Waals surface area contributed by atoms with Crippen molar-refractivity contribution >= 4 is 28.3 Å². The van der Waals surface area contributed by atoms with Gasteiger partial charge in [0.25, 0.3) is 0 Å². The van der Waals surface area contributed by atoms with Crippen LogP contribution in [0.15, 0.2) is 11.8 Å². The van der Waals surface area contributed by atoms with Crippen molar-refractivity contribution in [2.45, 2.75) is 40.2 Å². The molecule has 0 spiro atoms. The number of nitriles is 1. The van der Waals surface area contributed by atoms with Crippen LogP contribution in [-0.4, -0.2) is 38.2 Å². The van der Waals surface area contributed by atoms with Gasteiger partial charge < -0.3 is 19.7 Å². The molecule has 27 heavy (non-hydrogen) atoms. The Morgan fingerprint density at radius 2 is 2.04 bits per heavy atom. The summed E-state index contributed by atoms with van der Waals surface area (Å²) in [5.41, 5.74) is 1.39. The Morgan fingerprint density at radius 3 is 2.67 bits per heavy atom. The first kappa shape index (κ1) is 20.9. The molecule has 0 bridgehead atoms. The van der Waals surface area contributed by atoms with Crippen LogP contribution in [0.2, 0.25) is 0 Å². The second-order valence-electron chi connectivity index (χ2n) is 6.14. The fourth-order valence-electron chi connectivity index (χ4n) is 3.11. The van der Waals surface area contributed by atoms with E-state index in [1.165, 1.54) is 22.4 Å². The van der Waals surface area contributed by atoms with Gasteiger partial charge in [0.2, 0.25) is 0 Å². The zero-order chi connectivity index (χ0) is 19.8. The first-order valence-electron chi connectivity index (χ1n) is 9.24. The van der Waals surface area contributed by atoms with E-state index in [9.17, 15) is 9.59 Å². The predicted octanol–water partition coefficient (Wildman–Crippen LogP) is 1.66. The van der Waals surface area contributed by atoms with Gasteiger partial charge in [0.1, 0.15) is 17.6 Å². The van der Waals surface area contributed by atoms with Crippen LogP contribution in [0.25, 0.3) is 0 Å². The smallest absolute Gasteiger partial charge is 0.350 e. The molecule has 1 aromatic heterocycles. The van der Waals surface area contributed by atoms with Gasteiger partial charge in [-0.3, -0.25) is 0 Å². The summed E-state index contributed by atoms with van der Waals surface area (Å²) in [5.74, 6) is -1.07. The Morgan fingerprint density at radius 1 is 1.30 bits per heavy atom. The van der Waals surface area contributed by atoms with E-state index in [1.54, 1.807) is 13.8 Å². The van der Waals surface area contributed by atoms with Gasteiger partial charge in [-0.2, -0.15) is 5.26 Å². The molecule has 8 heteroatoms. The molecule has 1 unspecified atom stereocenters. The summed E-state index contributed by atoms with van der Waals surface area (Å²) in [6.45, 7) is 9.03. The van der Waals surface area contributed by atoms with E-state index in [4.69, 9.17) is 14.7 Å². The molecule has 2 N–H and O–H groups in total. The molecule has 0 amide bonds. The van der Waals surface area contributed by atoms with Gasteiger partial charge in [-0.1, -0.05) is 6.92 Å². The SMILES string of the molecule is CCC[NH+]1CCc2c(sc(N/C=C(\C#N)C(=O)OCC)c2C(=O)OCC)C1. The molecule has 1 aromatic rings. The first-order valence-corrected chi connectivity index (χ1v) is 10.1. The quantitative estimate of drug-likeness (QED) is 0.397. The summed E-state index contributed by atoms with van der Waals surface area (Å²) in [5, 5.41) is 12.7. The average molecular weight is 393 g/mol. The summed E-state index contributed by atoms with van der Waals surface area (Å²) >= 11 is 1.48. The lowest BCUT2D eigenvalue weighted by atomic mass is 10.0. The maximum absolute atomic E-state index is 12.5. The summed E-state index contributed by atoms with van der Waals surface area (Å²) in [6.07, 6.45) is 3.22. The van der Waals surface area contributed by atoms with Crippen molar-refractivity contribution in [2.24, 2.45) is 0 Å². The van der Waals surface area contributed by atoms with Crippen LogP contribution >= 0.6 is 11.3 Å².